The van der Waals surface area contributed by atoms with E-state index < -0.39 is 0 Å². The van der Waals surface area contributed by atoms with Crippen LogP contribution in [0.4, 0.5) is 10.5 Å². The molecule has 5 heteroatoms. The third kappa shape index (κ3) is 4.42. The van der Waals surface area contributed by atoms with E-state index in [-0.39, 0.29) is 6.03 Å². The Balaban J connectivity index is 1.69. The second kappa shape index (κ2) is 8.01. The molecule has 1 aromatic heterocycles. The summed E-state index contributed by atoms with van der Waals surface area (Å²) in [7, 11) is 0. The summed E-state index contributed by atoms with van der Waals surface area (Å²) in [4.78, 5) is 12.3. The Bertz CT molecular complexity index is 974. The number of hydrogen-bond acceptors (Lipinski definition) is 1. The number of nitrogens with one attached hydrogen (secondary N) is 2. The van der Waals surface area contributed by atoms with E-state index in [1.165, 1.54) is 5.56 Å². The highest BCUT2D eigenvalue weighted by Gasteiger charge is 2.12. The molecule has 0 fully saturated rings. The third-order valence-corrected chi connectivity index (χ3v) is 5.57. The van der Waals surface area contributed by atoms with Crippen LogP contribution in [0.3, 0.4) is 0 Å². The van der Waals surface area contributed by atoms with Crippen molar-refractivity contribution in [1.82, 2.24) is 9.88 Å². The van der Waals surface area contributed by atoms with Crippen LogP contribution >= 0.6 is 15.9 Å². The minimum absolute atomic E-state index is 0.211. The largest absolute Gasteiger partial charge is 0.334 e. The van der Waals surface area contributed by atoms with Gasteiger partial charge in [-0.15, -0.1) is 0 Å². The van der Waals surface area contributed by atoms with Crippen LogP contribution in [0.2, 0.25) is 0 Å². The van der Waals surface area contributed by atoms with E-state index in [1.807, 2.05) is 25.1 Å². The summed E-state index contributed by atoms with van der Waals surface area (Å²) in [6.07, 6.45) is 0. The van der Waals surface area contributed by atoms with Crippen molar-refractivity contribution in [1.29, 1.82) is 0 Å². The van der Waals surface area contributed by atoms with Gasteiger partial charge in [-0.05, 0) is 75.2 Å². The lowest BCUT2D eigenvalue weighted by Crippen LogP contribution is -2.28. The third-order valence-electron chi connectivity index (χ3n) is 4.68. The van der Waals surface area contributed by atoms with Crippen LogP contribution in [0.15, 0.2) is 53.0 Å². The summed E-state index contributed by atoms with van der Waals surface area (Å²) in [6, 6.07) is 16.1. The summed E-state index contributed by atoms with van der Waals surface area (Å²) in [5.41, 5.74) is 7.62. The molecule has 3 rings (SSSR count). The molecule has 0 aliphatic heterocycles. The molecule has 27 heavy (non-hydrogen) atoms. The maximum absolute atomic E-state index is 12.3. The molecular formula is C22H24BrN3O. The zero-order chi connectivity index (χ0) is 19.6. The number of amides is 2. The minimum Gasteiger partial charge on any atom is -0.334 e. The predicted molar refractivity (Wildman–Crippen MR) is 115 cm³/mol. The van der Waals surface area contributed by atoms with Crippen LogP contribution in [0, 0.1) is 27.7 Å². The Labute approximate surface area is 168 Å². The summed E-state index contributed by atoms with van der Waals surface area (Å²) >= 11 is 3.47. The fourth-order valence-corrected chi connectivity index (χ4v) is 3.42. The van der Waals surface area contributed by atoms with Crippen LogP contribution < -0.4 is 10.6 Å². The second-order valence-electron chi connectivity index (χ2n) is 6.84. The molecule has 0 saturated carbocycles. The molecule has 2 N–H and O–H groups in total. The molecule has 2 aromatic carbocycles. The number of carbonyl (C=O) groups excluding carboxylic acids is 1. The number of carbonyl (C=O) groups is 1. The lowest BCUT2D eigenvalue weighted by atomic mass is 10.2. The lowest BCUT2D eigenvalue weighted by Gasteiger charge is -2.11. The van der Waals surface area contributed by atoms with Gasteiger partial charge in [-0.1, -0.05) is 33.6 Å². The number of aromatic nitrogens is 1. The lowest BCUT2D eigenvalue weighted by molar-refractivity contribution is 0.251. The van der Waals surface area contributed by atoms with E-state index in [1.54, 1.807) is 0 Å². The van der Waals surface area contributed by atoms with Crippen LogP contribution in [0.5, 0.6) is 0 Å². The highest BCUT2D eigenvalue weighted by Crippen LogP contribution is 2.22. The first-order chi connectivity index (χ1) is 12.8. The maximum Gasteiger partial charge on any atom is 0.319 e. The van der Waals surface area contributed by atoms with Gasteiger partial charge in [0.15, 0.2) is 0 Å². The molecule has 0 spiro atoms. The van der Waals surface area contributed by atoms with Crippen molar-refractivity contribution < 1.29 is 4.79 Å². The summed E-state index contributed by atoms with van der Waals surface area (Å²) < 4.78 is 3.24. The zero-order valence-corrected chi connectivity index (χ0v) is 17.6. The summed E-state index contributed by atoms with van der Waals surface area (Å²) in [6.45, 7) is 8.72. The molecule has 0 unspecified atom stereocenters. The van der Waals surface area contributed by atoms with E-state index in [0.717, 1.165) is 38.4 Å². The minimum atomic E-state index is -0.211. The van der Waals surface area contributed by atoms with Crippen molar-refractivity contribution >= 4 is 27.6 Å². The predicted octanol–water partition coefficient (Wildman–Crippen LogP) is 5.80. The second-order valence-corrected chi connectivity index (χ2v) is 7.69. The van der Waals surface area contributed by atoms with E-state index in [4.69, 9.17) is 0 Å². The Morgan fingerprint density at radius 3 is 2.37 bits per heavy atom. The number of aryl methyl sites for hydroxylation is 3. The number of hydrogen-bond donors (Lipinski definition) is 2. The molecule has 1 heterocycles. The van der Waals surface area contributed by atoms with Crippen molar-refractivity contribution in [3.8, 4) is 5.69 Å². The molecule has 0 saturated heterocycles. The van der Waals surface area contributed by atoms with Gasteiger partial charge in [0, 0.05) is 33.8 Å². The van der Waals surface area contributed by atoms with Gasteiger partial charge in [-0.25, -0.2) is 4.79 Å². The summed E-state index contributed by atoms with van der Waals surface area (Å²) in [5, 5.41) is 5.83. The average Bonchev–Trinajstić information content (AvgIpc) is 2.91. The maximum atomic E-state index is 12.3. The van der Waals surface area contributed by atoms with E-state index in [0.29, 0.717) is 6.54 Å². The number of benzene rings is 2. The standard InChI is InChI=1S/C22H24BrN3O/c1-14-5-8-20(9-6-14)26-16(3)12-18(17(26)4)13-24-22(27)25-19-7-10-21(23)15(2)11-19/h5-12H,13H2,1-4H3,(H2,24,25,27). The monoisotopic (exact) mass is 425 g/mol. The molecule has 140 valence electrons. The van der Waals surface area contributed by atoms with E-state index in [9.17, 15) is 4.79 Å². The van der Waals surface area contributed by atoms with Crippen LogP contribution in [-0.4, -0.2) is 10.6 Å². The number of rotatable bonds is 4. The van der Waals surface area contributed by atoms with Crippen LogP contribution in [0.25, 0.3) is 5.69 Å². The van der Waals surface area contributed by atoms with Crippen LogP contribution in [0.1, 0.15) is 28.1 Å². The van der Waals surface area contributed by atoms with Crippen molar-refractivity contribution in [2.75, 3.05) is 5.32 Å². The van der Waals surface area contributed by atoms with Crippen molar-refractivity contribution in [3.63, 3.8) is 0 Å². The van der Waals surface area contributed by atoms with Crippen molar-refractivity contribution in [3.05, 3.63) is 81.1 Å². The molecule has 3 aromatic rings. The van der Waals surface area contributed by atoms with Gasteiger partial charge in [0.1, 0.15) is 0 Å². The molecular weight excluding hydrogens is 402 g/mol. The molecule has 0 radical (unpaired) electrons. The Morgan fingerprint density at radius 2 is 1.70 bits per heavy atom. The first-order valence-electron chi connectivity index (χ1n) is 8.91. The van der Waals surface area contributed by atoms with Gasteiger partial charge in [-0.2, -0.15) is 0 Å². The Hall–Kier alpha value is -2.53. The molecule has 4 nitrogen and oxygen atoms in total. The SMILES string of the molecule is Cc1ccc(-n2c(C)cc(CNC(=O)Nc3ccc(Br)c(C)c3)c2C)cc1. The van der Waals surface area contributed by atoms with Crippen molar-refractivity contribution in [2.24, 2.45) is 0 Å². The highest BCUT2D eigenvalue weighted by atomic mass is 79.9. The van der Waals surface area contributed by atoms with Crippen LogP contribution in [-0.2, 0) is 6.54 Å². The van der Waals surface area contributed by atoms with E-state index in [2.05, 4.69) is 82.2 Å². The normalized spacial score (nSPS) is 10.7. The van der Waals surface area contributed by atoms with Gasteiger partial charge >= 0.3 is 6.03 Å². The number of urea groups is 1. The fraction of sp³-hybridized carbons (Fsp3) is 0.227. The quantitative estimate of drug-likeness (QED) is 0.545. The van der Waals surface area contributed by atoms with Gasteiger partial charge in [0.05, 0.1) is 0 Å². The van der Waals surface area contributed by atoms with E-state index >= 15 is 0 Å². The average molecular weight is 426 g/mol. The topological polar surface area (TPSA) is 46.1 Å². The molecule has 0 aliphatic carbocycles. The summed E-state index contributed by atoms with van der Waals surface area (Å²) in [5.74, 6) is 0. The first kappa shape index (κ1) is 19.2. The highest BCUT2D eigenvalue weighted by molar-refractivity contribution is 9.10. The Kier molecular flexibility index (Phi) is 5.71. The Morgan fingerprint density at radius 1 is 1.00 bits per heavy atom. The molecule has 2 amide bonds. The zero-order valence-electron chi connectivity index (χ0n) is 16.1. The van der Waals surface area contributed by atoms with Gasteiger partial charge in [0.2, 0.25) is 0 Å². The number of nitrogens with zero attached hydrogens (tertiary/aromatic N) is 1. The van der Waals surface area contributed by atoms with Crippen molar-refractivity contribution in [2.45, 2.75) is 34.2 Å². The first-order valence-corrected chi connectivity index (χ1v) is 9.70. The molecule has 0 atom stereocenters. The number of anilines is 1. The van der Waals surface area contributed by atoms with Gasteiger partial charge in [-0.3, -0.25) is 0 Å². The fourth-order valence-electron chi connectivity index (χ4n) is 3.17. The number of halogens is 1. The smallest absolute Gasteiger partial charge is 0.319 e. The molecule has 0 aliphatic rings. The van der Waals surface area contributed by atoms with Gasteiger partial charge in [0.25, 0.3) is 0 Å². The molecule has 0 bridgehead atoms. The van der Waals surface area contributed by atoms with Gasteiger partial charge < -0.3 is 15.2 Å².